The fourth-order valence-corrected chi connectivity index (χ4v) is 6.33. The number of carbonyl (C=O) groups is 2. The van der Waals surface area contributed by atoms with Gasteiger partial charge >= 0.3 is 0 Å². The second kappa shape index (κ2) is 10.5. The summed E-state index contributed by atoms with van der Waals surface area (Å²) >= 11 is 0. The van der Waals surface area contributed by atoms with Crippen molar-refractivity contribution in [1.29, 1.82) is 0 Å². The van der Waals surface area contributed by atoms with Crippen LogP contribution in [0.5, 0.6) is 0 Å². The minimum Gasteiger partial charge on any atom is -0.326 e. The Morgan fingerprint density at radius 3 is 2.03 bits per heavy atom. The average Bonchev–Trinajstić information content (AvgIpc) is 2.75. The monoisotopic (exact) mass is 461 g/mol. The first kappa shape index (κ1) is 24.9. The number of rotatable bonds is 7. The second-order valence-electron chi connectivity index (χ2n) is 10.8. The molecule has 0 heterocycles. The number of anilines is 1. The van der Waals surface area contributed by atoms with Crippen molar-refractivity contribution in [2.45, 2.75) is 89.7 Å². The molecule has 0 saturated heterocycles. The molecule has 1 N–H and O–H groups in total. The second-order valence-corrected chi connectivity index (χ2v) is 13.6. The molecule has 2 fully saturated rings. The normalized spacial score (nSPS) is 23.0. The lowest BCUT2D eigenvalue weighted by Crippen LogP contribution is -2.35. The summed E-state index contributed by atoms with van der Waals surface area (Å²) in [7, 11) is -3.12. The highest BCUT2D eigenvalue weighted by Gasteiger charge is 2.34. The van der Waals surface area contributed by atoms with Crippen molar-refractivity contribution < 1.29 is 18.0 Å². The van der Waals surface area contributed by atoms with Crippen molar-refractivity contribution in [2.24, 2.45) is 17.8 Å². The van der Waals surface area contributed by atoms with Crippen molar-refractivity contribution in [3.8, 4) is 0 Å². The molecular formula is C26H39NO4S. The van der Waals surface area contributed by atoms with E-state index in [1.807, 2.05) is 24.3 Å². The Bertz CT molecular complexity index is 885. The largest absolute Gasteiger partial charge is 0.326 e. The van der Waals surface area contributed by atoms with Gasteiger partial charge in [-0.05, 0) is 82.9 Å². The van der Waals surface area contributed by atoms with Crippen LogP contribution in [-0.2, 0) is 25.8 Å². The van der Waals surface area contributed by atoms with Crippen LogP contribution < -0.4 is 5.32 Å². The Morgan fingerprint density at radius 2 is 1.47 bits per heavy atom. The number of hydrogen-bond acceptors (Lipinski definition) is 4. The zero-order valence-corrected chi connectivity index (χ0v) is 20.7. The number of Topliss-reactive ketones (excluding diaryl/α,β-unsaturated/α-hetero) is 1. The lowest BCUT2D eigenvalue weighted by atomic mass is 9.79. The highest BCUT2D eigenvalue weighted by Crippen LogP contribution is 2.33. The minimum absolute atomic E-state index is 0.0225. The third-order valence-electron chi connectivity index (χ3n) is 7.27. The lowest BCUT2D eigenvalue weighted by Gasteiger charge is -2.30. The first-order valence-corrected chi connectivity index (χ1v) is 13.9. The van der Waals surface area contributed by atoms with Crippen molar-refractivity contribution in [3.05, 3.63) is 29.8 Å². The summed E-state index contributed by atoms with van der Waals surface area (Å²) in [5.74, 6) is 0.883. The Balaban J connectivity index is 1.45. The van der Waals surface area contributed by atoms with Gasteiger partial charge in [0, 0.05) is 23.9 Å². The molecule has 2 aliphatic rings. The van der Waals surface area contributed by atoms with Crippen molar-refractivity contribution in [2.75, 3.05) is 11.1 Å². The molecule has 178 valence electrons. The molecule has 0 aromatic heterocycles. The van der Waals surface area contributed by atoms with Crippen LogP contribution >= 0.6 is 0 Å². The van der Waals surface area contributed by atoms with Crippen LogP contribution in [0.4, 0.5) is 5.69 Å². The Labute approximate surface area is 193 Å². The Hall–Kier alpha value is -1.69. The van der Waals surface area contributed by atoms with Crippen molar-refractivity contribution >= 4 is 27.2 Å². The predicted octanol–water partition coefficient (Wildman–Crippen LogP) is 5.34. The van der Waals surface area contributed by atoms with E-state index >= 15 is 0 Å². The van der Waals surface area contributed by atoms with E-state index in [0.717, 1.165) is 62.6 Å². The minimum atomic E-state index is -3.12. The fourth-order valence-electron chi connectivity index (χ4n) is 4.87. The topological polar surface area (TPSA) is 80.3 Å². The maximum atomic E-state index is 12.8. The third kappa shape index (κ3) is 6.66. The molecule has 2 saturated carbocycles. The standard InChI is InChI=1S/C26H39NO4S/c1-26(2,3)32(30,31)18-20-9-13-21(14-10-20)24(28)17-19-11-15-23(16-12-19)27-25(29)22-7-5-4-6-8-22/h11-12,15-16,20-22H,4-10,13-14,17-18H2,1-3H3,(H,27,29). The molecule has 0 bridgehead atoms. The molecule has 5 nitrogen and oxygen atoms in total. The molecule has 1 aromatic rings. The zero-order valence-electron chi connectivity index (χ0n) is 19.9. The molecule has 3 rings (SSSR count). The van der Waals surface area contributed by atoms with Gasteiger partial charge in [0.1, 0.15) is 5.78 Å². The maximum Gasteiger partial charge on any atom is 0.227 e. The molecule has 1 aromatic carbocycles. The van der Waals surface area contributed by atoms with Gasteiger partial charge in [0.2, 0.25) is 5.91 Å². The summed E-state index contributed by atoms with van der Waals surface area (Å²) < 4.78 is 24.2. The summed E-state index contributed by atoms with van der Waals surface area (Å²) in [5.41, 5.74) is 1.75. The number of nitrogens with one attached hydrogen (secondary N) is 1. The van der Waals surface area contributed by atoms with Gasteiger partial charge in [-0.2, -0.15) is 0 Å². The van der Waals surface area contributed by atoms with E-state index in [1.165, 1.54) is 6.42 Å². The number of ketones is 1. The van der Waals surface area contributed by atoms with E-state index in [4.69, 9.17) is 0 Å². The molecule has 6 heteroatoms. The van der Waals surface area contributed by atoms with Crippen molar-refractivity contribution in [1.82, 2.24) is 0 Å². The van der Waals surface area contributed by atoms with Gasteiger partial charge in [0.15, 0.2) is 9.84 Å². The fraction of sp³-hybridized carbons (Fsp3) is 0.692. The molecular weight excluding hydrogens is 422 g/mol. The van der Waals surface area contributed by atoms with Gasteiger partial charge in [-0.15, -0.1) is 0 Å². The number of benzene rings is 1. The number of amides is 1. The third-order valence-corrected chi connectivity index (χ3v) is 10.0. The molecule has 0 radical (unpaired) electrons. The summed E-state index contributed by atoms with van der Waals surface area (Å²) in [6.45, 7) is 5.26. The predicted molar refractivity (Wildman–Crippen MR) is 129 cm³/mol. The van der Waals surface area contributed by atoms with E-state index in [0.29, 0.717) is 6.42 Å². The van der Waals surface area contributed by atoms with E-state index in [-0.39, 0.29) is 35.2 Å². The first-order chi connectivity index (χ1) is 15.0. The molecule has 0 aliphatic heterocycles. The van der Waals surface area contributed by atoms with Gasteiger partial charge in [0.05, 0.1) is 10.5 Å². The smallest absolute Gasteiger partial charge is 0.227 e. The first-order valence-electron chi connectivity index (χ1n) is 12.2. The molecule has 0 unspecified atom stereocenters. The molecule has 2 aliphatic carbocycles. The molecule has 0 spiro atoms. The lowest BCUT2D eigenvalue weighted by molar-refractivity contribution is -0.123. The van der Waals surface area contributed by atoms with Crippen molar-refractivity contribution in [3.63, 3.8) is 0 Å². The summed E-state index contributed by atoms with van der Waals surface area (Å²) in [6.07, 6.45) is 9.00. The number of sulfone groups is 1. The SMILES string of the molecule is CC(C)(C)S(=O)(=O)CC1CCC(C(=O)Cc2ccc(NC(=O)C3CCCCC3)cc2)CC1. The highest BCUT2D eigenvalue weighted by atomic mass is 32.2. The van der Waals surface area contributed by atoms with E-state index in [2.05, 4.69) is 5.32 Å². The van der Waals surface area contributed by atoms with Crippen LogP contribution in [0.1, 0.15) is 84.1 Å². The van der Waals surface area contributed by atoms with Crippen LogP contribution in [0.25, 0.3) is 0 Å². The highest BCUT2D eigenvalue weighted by molar-refractivity contribution is 7.92. The summed E-state index contributed by atoms with van der Waals surface area (Å²) in [4.78, 5) is 25.2. The molecule has 0 atom stereocenters. The quantitative estimate of drug-likeness (QED) is 0.594. The number of carbonyl (C=O) groups excluding carboxylic acids is 2. The van der Waals surface area contributed by atoms with E-state index in [9.17, 15) is 18.0 Å². The summed E-state index contributed by atoms with van der Waals surface area (Å²) in [5, 5.41) is 3.02. The number of hydrogen-bond donors (Lipinski definition) is 1. The molecule has 1 amide bonds. The van der Waals surface area contributed by atoms with Crippen LogP contribution in [-0.4, -0.2) is 30.6 Å². The zero-order chi connectivity index (χ0) is 23.4. The van der Waals surface area contributed by atoms with Gasteiger partial charge < -0.3 is 5.32 Å². The van der Waals surface area contributed by atoms with Crippen LogP contribution in [0, 0.1) is 17.8 Å². The Morgan fingerprint density at radius 1 is 0.875 bits per heavy atom. The van der Waals surface area contributed by atoms with Gasteiger partial charge in [-0.25, -0.2) is 8.42 Å². The summed E-state index contributed by atoms with van der Waals surface area (Å²) in [6, 6.07) is 7.63. The molecule has 32 heavy (non-hydrogen) atoms. The van der Waals surface area contributed by atoms with Crippen LogP contribution in [0.2, 0.25) is 0 Å². The van der Waals surface area contributed by atoms with Gasteiger partial charge in [-0.3, -0.25) is 9.59 Å². The van der Waals surface area contributed by atoms with Crippen LogP contribution in [0.15, 0.2) is 24.3 Å². The van der Waals surface area contributed by atoms with E-state index in [1.54, 1.807) is 20.8 Å². The van der Waals surface area contributed by atoms with Gasteiger partial charge in [-0.1, -0.05) is 31.4 Å². The average molecular weight is 462 g/mol. The maximum absolute atomic E-state index is 12.8. The Kier molecular flexibility index (Phi) is 8.18. The van der Waals surface area contributed by atoms with Crippen LogP contribution in [0.3, 0.4) is 0 Å². The van der Waals surface area contributed by atoms with Gasteiger partial charge in [0.25, 0.3) is 0 Å². The van der Waals surface area contributed by atoms with E-state index < -0.39 is 14.6 Å².